The molecule has 0 atom stereocenters. The molecule has 13 nitrogen and oxygen atoms in total. The van der Waals surface area contributed by atoms with E-state index >= 15 is 0 Å². The van der Waals surface area contributed by atoms with Crippen molar-refractivity contribution in [1.29, 1.82) is 0 Å². The molecule has 14 heteroatoms. The SMILES string of the molecule is [N-]=[N+]=NCCOCCOCCOCCOCCOCCOc1nc(Cl)nc(NC23CC4CC(CC(C4)C2)C3)n1. The van der Waals surface area contributed by atoms with E-state index < -0.39 is 0 Å². The minimum Gasteiger partial charge on any atom is -0.461 e. The fourth-order valence-corrected chi connectivity index (χ4v) is 6.43. The Labute approximate surface area is 234 Å². The number of aromatic nitrogens is 3. The molecular weight excluding hydrogens is 530 g/mol. The molecular formula is C25H40ClN7O6. The molecule has 39 heavy (non-hydrogen) atoms. The Hall–Kier alpha value is -1.99. The van der Waals surface area contributed by atoms with Gasteiger partial charge in [0.25, 0.3) is 0 Å². The number of nitrogens with one attached hydrogen (secondary N) is 1. The summed E-state index contributed by atoms with van der Waals surface area (Å²) in [6.07, 6.45) is 7.70. The van der Waals surface area contributed by atoms with Crippen LogP contribution in [0.1, 0.15) is 38.5 Å². The summed E-state index contributed by atoms with van der Waals surface area (Å²) < 4.78 is 32.8. The molecule has 0 saturated heterocycles. The van der Waals surface area contributed by atoms with Crippen LogP contribution in [-0.4, -0.2) is 99.7 Å². The predicted octanol–water partition coefficient (Wildman–Crippen LogP) is 3.68. The van der Waals surface area contributed by atoms with E-state index in [2.05, 4.69) is 30.3 Å². The van der Waals surface area contributed by atoms with E-state index in [4.69, 9.17) is 45.6 Å². The number of halogens is 1. The normalized spacial score (nSPS) is 25.0. The van der Waals surface area contributed by atoms with Gasteiger partial charge in [0.05, 0.1) is 66.1 Å². The van der Waals surface area contributed by atoms with E-state index in [1.165, 1.54) is 38.5 Å². The standard InChI is InChI=1S/C25H40ClN7O6/c26-22-29-23(32-25-16-19-13-20(17-25)15-21(14-19)18-25)31-24(30-22)39-12-11-38-10-9-37-8-7-36-6-5-35-4-3-34-2-1-28-33-27/h19-21H,1-18H2,(H,29,30,31,32). The Morgan fingerprint density at radius 3 is 1.74 bits per heavy atom. The van der Waals surface area contributed by atoms with Gasteiger partial charge >= 0.3 is 6.01 Å². The molecule has 218 valence electrons. The first-order chi connectivity index (χ1) is 19.1. The third-order valence-corrected chi connectivity index (χ3v) is 7.52. The topological polar surface area (TPSA) is 155 Å². The maximum atomic E-state index is 8.15. The lowest BCUT2D eigenvalue weighted by atomic mass is 9.53. The van der Waals surface area contributed by atoms with Gasteiger partial charge < -0.3 is 33.7 Å². The number of nitrogens with zero attached hydrogens (tertiary/aromatic N) is 6. The van der Waals surface area contributed by atoms with Gasteiger partial charge in [0.1, 0.15) is 6.61 Å². The molecule has 4 fully saturated rings. The summed E-state index contributed by atoms with van der Waals surface area (Å²) in [5, 5.41) is 7.13. The first-order valence-corrected chi connectivity index (χ1v) is 14.2. The average molecular weight is 570 g/mol. The Morgan fingerprint density at radius 2 is 1.23 bits per heavy atom. The monoisotopic (exact) mass is 569 g/mol. The van der Waals surface area contributed by atoms with Crippen molar-refractivity contribution >= 4 is 17.5 Å². The number of ether oxygens (including phenoxy) is 6. The molecule has 4 bridgehead atoms. The summed E-state index contributed by atoms with van der Waals surface area (Å²) in [6.45, 7) is 5.17. The van der Waals surface area contributed by atoms with Gasteiger partial charge in [0.2, 0.25) is 11.2 Å². The second kappa shape index (κ2) is 16.3. The Balaban J connectivity index is 0.975. The van der Waals surface area contributed by atoms with E-state index in [9.17, 15) is 0 Å². The van der Waals surface area contributed by atoms with Gasteiger partial charge in [0, 0.05) is 17.0 Å². The predicted molar refractivity (Wildman–Crippen MR) is 143 cm³/mol. The summed E-state index contributed by atoms with van der Waals surface area (Å²) in [4.78, 5) is 15.5. The zero-order valence-corrected chi connectivity index (χ0v) is 23.2. The molecule has 0 unspecified atom stereocenters. The molecule has 0 aromatic carbocycles. The van der Waals surface area contributed by atoms with E-state index in [1.807, 2.05) is 0 Å². The minimum absolute atomic E-state index is 0.0876. The Kier molecular flexibility index (Phi) is 12.5. The molecule has 0 radical (unpaired) electrons. The van der Waals surface area contributed by atoms with Crippen molar-refractivity contribution in [2.45, 2.75) is 44.1 Å². The Morgan fingerprint density at radius 1 is 0.744 bits per heavy atom. The molecule has 1 N–H and O–H groups in total. The van der Waals surface area contributed by atoms with Crippen molar-refractivity contribution in [3.8, 4) is 6.01 Å². The molecule has 0 amide bonds. The second-order valence-corrected chi connectivity index (χ2v) is 10.7. The number of hydrogen-bond acceptors (Lipinski definition) is 11. The molecule has 0 spiro atoms. The zero-order valence-electron chi connectivity index (χ0n) is 22.5. The highest BCUT2D eigenvalue weighted by molar-refractivity contribution is 6.28. The van der Waals surface area contributed by atoms with E-state index in [0.717, 1.165) is 17.8 Å². The largest absolute Gasteiger partial charge is 0.461 e. The highest BCUT2D eigenvalue weighted by Crippen LogP contribution is 2.56. The number of rotatable bonds is 21. The summed E-state index contributed by atoms with van der Waals surface area (Å²) in [5.74, 6) is 2.98. The van der Waals surface area contributed by atoms with Crippen LogP contribution in [0.3, 0.4) is 0 Å². The lowest BCUT2D eigenvalue weighted by Crippen LogP contribution is -2.55. The van der Waals surface area contributed by atoms with Crippen LogP contribution in [0, 0.1) is 17.8 Å². The van der Waals surface area contributed by atoms with Crippen molar-refractivity contribution < 1.29 is 28.4 Å². The van der Waals surface area contributed by atoms with Crippen LogP contribution < -0.4 is 10.1 Å². The van der Waals surface area contributed by atoms with Crippen molar-refractivity contribution in [3.63, 3.8) is 0 Å². The summed E-state index contributed by atoms with van der Waals surface area (Å²) in [6, 6.07) is 0.209. The van der Waals surface area contributed by atoms with Gasteiger partial charge in [-0.1, -0.05) is 5.11 Å². The highest BCUT2D eigenvalue weighted by atomic mass is 35.5. The number of azide groups is 1. The smallest absolute Gasteiger partial charge is 0.322 e. The maximum absolute atomic E-state index is 8.15. The minimum atomic E-state index is 0.0876. The van der Waals surface area contributed by atoms with E-state index in [1.54, 1.807) is 0 Å². The fourth-order valence-electron chi connectivity index (χ4n) is 6.28. The van der Waals surface area contributed by atoms with Gasteiger partial charge in [-0.2, -0.15) is 15.0 Å². The second-order valence-electron chi connectivity index (χ2n) is 10.4. The molecule has 1 aromatic rings. The molecule has 4 saturated carbocycles. The summed E-state index contributed by atoms with van der Waals surface area (Å²) in [7, 11) is 0. The number of anilines is 1. The van der Waals surface area contributed by atoms with Gasteiger partial charge in [-0.05, 0) is 73.4 Å². The van der Waals surface area contributed by atoms with Gasteiger partial charge in [-0.15, -0.1) is 0 Å². The quantitative estimate of drug-likeness (QED) is 0.100. The van der Waals surface area contributed by atoms with Crippen LogP contribution >= 0.6 is 11.6 Å². The molecule has 4 aliphatic carbocycles. The van der Waals surface area contributed by atoms with Gasteiger partial charge in [-0.25, -0.2) is 0 Å². The van der Waals surface area contributed by atoms with Crippen LogP contribution in [0.2, 0.25) is 5.28 Å². The van der Waals surface area contributed by atoms with Crippen LogP contribution in [0.5, 0.6) is 6.01 Å². The third-order valence-electron chi connectivity index (χ3n) is 7.35. The summed E-state index contributed by atoms with van der Waals surface area (Å²) in [5.41, 5.74) is 8.23. The number of hydrogen-bond donors (Lipinski definition) is 1. The van der Waals surface area contributed by atoms with Crippen LogP contribution in [0.25, 0.3) is 10.4 Å². The van der Waals surface area contributed by atoms with E-state index in [-0.39, 0.29) is 16.8 Å². The maximum Gasteiger partial charge on any atom is 0.322 e. The van der Waals surface area contributed by atoms with Crippen LogP contribution in [-0.2, 0) is 23.7 Å². The van der Waals surface area contributed by atoms with Crippen LogP contribution in [0.15, 0.2) is 5.11 Å². The van der Waals surface area contributed by atoms with Crippen molar-refractivity contribution in [1.82, 2.24) is 15.0 Å². The van der Waals surface area contributed by atoms with Crippen molar-refractivity contribution in [3.05, 3.63) is 15.7 Å². The lowest BCUT2D eigenvalue weighted by molar-refractivity contribution is -0.0124. The van der Waals surface area contributed by atoms with Crippen LogP contribution in [0.4, 0.5) is 5.95 Å². The van der Waals surface area contributed by atoms with Gasteiger partial charge in [0.15, 0.2) is 0 Å². The average Bonchev–Trinajstić information content (AvgIpc) is 2.88. The molecule has 0 aliphatic heterocycles. The summed E-state index contributed by atoms with van der Waals surface area (Å²) >= 11 is 6.16. The molecule has 1 heterocycles. The van der Waals surface area contributed by atoms with E-state index in [0.29, 0.717) is 85.2 Å². The molecule has 5 rings (SSSR count). The molecule has 1 aromatic heterocycles. The fraction of sp³-hybridized carbons (Fsp3) is 0.880. The zero-order chi connectivity index (χ0) is 27.2. The van der Waals surface area contributed by atoms with Crippen molar-refractivity contribution in [2.24, 2.45) is 22.9 Å². The Bertz CT molecular complexity index is 888. The first-order valence-electron chi connectivity index (χ1n) is 13.9. The van der Waals surface area contributed by atoms with Gasteiger partial charge in [-0.3, -0.25) is 0 Å². The molecule has 4 aliphatic rings. The first kappa shape index (κ1) is 30.0. The lowest BCUT2D eigenvalue weighted by Gasteiger charge is -2.56. The highest BCUT2D eigenvalue weighted by Gasteiger charge is 2.51. The third kappa shape index (κ3) is 10.5. The van der Waals surface area contributed by atoms with Crippen molar-refractivity contribution in [2.75, 3.05) is 84.5 Å².